The van der Waals surface area contributed by atoms with Gasteiger partial charge in [0.15, 0.2) is 0 Å². The Morgan fingerprint density at radius 2 is 1.77 bits per heavy atom. The monoisotopic (exact) mass is 178 g/mol. The van der Waals surface area contributed by atoms with Gasteiger partial charge in [-0.3, -0.25) is 4.98 Å². The fourth-order valence-corrected chi connectivity index (χ4v) is 1.37. The highest BCUT2D eigenvalue weighted by Crippen LogP contribution is 2.22. The second-order valence-corrected chi connectivity index (χ2v) is 3.91. The SMILES string of the molecule is CCC(C)(N)c1cc(C)nc(C)c1. The lowest BCUT2D eigenvalue weighted by atomic mass is 9.90. The Bertz CT molecular complexity index is 283. The van der Waals surface area contributed by atoms with E-state index >= 15 is 0 Å². The van der Waals surface area contributed by atoms with Crippen LogP contribution in [-0.2, 0) is 5.54 Å². The number of hydrogen-bond acceptors (Lipinski definition) is 2. The van der Waals surface area contributed by atoms with Crippen molar-refractivity contribution in [3.63, 3.8) is 0 Å². The van der Waals surface area contributed by atoms with Crippen LogP contribution in [0, 0.1) is 13.8 Å². The summed E-state index contributed by atoms with van der Waals surface area (Å²) in [4.78, 5) is 4.33. The van der Waals surface area contributed by atoms with Crippen molar-refractivity contribution in [2.24, 2.45) is 5.73 Å². The van der Waals surface area contributed by atoms with Crippen molar-refractivity contribution >= 4 is 0 Å². The second-order valence-electron chi connectivity index (χ2n) is 3.91. The highest BCUT2D eigenvalue weighted by atomic mass is 14.7. The van der Waals surface area contributed by atoms with Gasteiger partial charge in [0.25, 0.3) is 0 Å². The molecule has 0 radical (unpaired) electrons. The number of aryl methyl sites for hydroxylation is 2. The zero-order chi connectivity index (χ0) is 10.1. The van der Waals surface area contributed by atoms with Gasteiger partial charge in [0, 0.05) is 16.9 Å². The van der Waals surface area contributed by atoms with E-state index < -0.39 is 0 Å². The van der Waals surface area contributed by atoms with Crippen molar-refractivity contribution in [3.05, 3.63) is 29.1 Å². The number of rotatable bonds is 2. The van der Waals surface area contributed by atoms with Crippen molar-refractivity contribution in [1.29, 1.82) is 0 Å². The summed E-state index contributed by atoms with van der Waals surface area (Å²) in [5.41, 5.74) is 9.19. The molecule has 1 unspecified atom stereocenters. The minimum atomic E-state index is -0.224. The van der Waals surface area contributed by atoms with Gasteiger partial charge < -0.3 is 5.73 Å². The number of pyridine rings is 1. The van der Waals surface area contributed by atoms with Crippen LogP contribution in [0.4, 0.5) is 0 Å². The van der Waals surface area contributed by atoms with Gasteiger partial charge >= 0.3 is 0 Å². The fraction of sp³-hybridized carbons (Fsp3) is 0.545. The van der Waals surface area contributed by atoms with Crippen LogP contribution in [0.15, 0.2) is 12.1 Å². The molecule has 1 rings (SSSR count). The molecule has 2 nitrogen and oxygen atoms in total. The minimum absolute atomic E-state index is 0.224. The Kier molecular flexibility index (Phi) is 2.71. The first kappa shape index (κ1) is 10.2. The quantitative estimate of drug-likeness (QED) is 0.754. The maximum Gasteiger partial charge on any atom is 0.0379 e. The lowest BCUT2D eigenvalue weighted by Gasteiger charge is -2.23. The molecule has 0 bridgehead atoms. The molecule has 0 fully saturated rings. The largest absolute Gasteiger partial charge is 0.322 e. The van der Waals surface area contributed by atoms with Gasteiger partial charge in [-0.05, 0) is 44.9 Å². The van der Waals surface area contributed by atoms with E-state index in [0.717, 1.165) is 17.8 Å². The summed E-state index contributed by atoms with van der Waals surface area (Å²) in [5, 5.41) is 0. The van der Waals surface area contributed by atoms with Crippen LogP contribution in [0.2, 0.25) is 0 Å². The van der Waals surface area contributed by atoms with E-state index in [4.69, 9.17) is 5.73 Å². The first-order valence-corrected chi connectivity index (χ1v) is 4.70. The summed E-state index contributed by atoms with van der Waals surface area (Å²) in [6, 6.07) is 4.13. The normalized spacial score (nSPS) is 15.5. The Hall–Kier alpha value is -0.890. The van der Waals surface area contributed by atoms with Gasteiger partial charge in [0.2, 0.25) is 0 Å². The summed E-state index contributed by atoms with van der Waals surface area (Å²) in [7, 11) is 0. The van der Waals surface area contributed by atoms with E-state index in [1.165, 1.54) is 5.56 Å². The standard InChI is InChI=1S/C11H18N2/c1-5-11(4,12)10-6-8(2)13-9(3)7-10/h6-7H,5,12H2,1-4H3. The molecule has 2 N–H and O–H groups in total. The van der Waals surface area contributed by atoms with Crippen molar-refractivity contribution in [2.75, 3.05) is 0 Å². The van der Waals surface area contributed by atoms with Gasteiger partial charge in [-0.15, -0.1) is 0 Å². The van der Waals surface area contributed by atoms with Crippen molar-refractivity contribution < 1.29 is 0 Å². The average molecular weight is 178 g/mol. The van der Waals surface area contributed by atoms with Gasteiger partial charge in [-0.25, -0.2) is 0 Å². The maximum absolute atomic E-state index is 6.15. The van der Waals surface area contributed by atoms with E-state index in [0.29, 0.717) is 0 Å². The molecule has 2 heteroatoms. The topological polar surface area (TPSA) is 38.9 Å². The van der Waals surface area contributed by atoms with Crippen molar-refractivity contribution in [1.82, 2.24) is 4.98 Å². The molecule has 1 aromatic rings. The minimum Gasteiger partial charge on any atom is -0.322 e. The zero-order valence-corrected chi connectivity index (χ0v) is 8.89. The Labute approximate surface area is 80.2 Å². The van der Waals surface area contributed by atoms with Gasteiger partial charge in [-0.2, -0.15) is 0 Å². The van der Waals surface area contributed by atoms with Crippen LogP contribution in [0.25, 0.3) is 0 Å². The van der Waals surface area contributed by atoms with Crippen LogP contribution < -0.4 is 5.73 Å². The average Bonchev–Trinajstić information content (AvgIpc) is 2.02. The molecule has 0 aliphatic heterocycles. The molecular formula is C11H18N2. The maximum atomic E-state index is 6.15. The van der Waals surface area contributed by atoms with Crippen LogP contribution >= 0.6 is 0 Å². The molecule has 0 saturated carbocycles. The lowest BCUT2D eigenvalue weighted by Crippen LogP contribution is -2.32. The smallest absolute Gasteiger partial charge is 0.0379 e. The fourth-order valence-electron chi connectivity index (χ4n) is 1.37. The summed E-state index contributed by atoms with van der Waals surface area (Å²) in [5.74, 6) is 0. The van der Waals surface area contributed by atoms with E-state index in [2.05, 4.69) is 31.0 Å². The third-order valence-corrected chi connectivity index (χ3v) is 2.48. The number of nitrogens with two attached hydrogens (primary N) is 1. The molecule has 0 aromatic carbocycles. The van der Waals surface area contributed by atoms with Crippen molar-refractivity contribution in [3.8, 4) is 0 Å². The molecular weight excluding hydrogens is 160 g/mol. The molecule has 1 atom stereocenters. The number of hydrogen-bond donors (Lipinski definition) is 1. The molecule has 0 spiro atoms. The first-order valence-electron chi connectivity index (χ1n) is 4.70. The van der Waals surface area contributed by atoms with Gasteiger partial charge in [0.05, 0.1) is 0 Å². The van der Waals surface area contributed by atoms with Crippen LogP contribution in [-0.4, -0.2) is 4.98 Å². The van der Waals surface area contributed by atoms with Gasteiger partial charge in [0.1, 0.15) is 0 Å². The van der Waals surface area contributed by atoms with Crippen molar-refractivity contribution in [2.45, 2.75) is 39.7 Å². The predicted molar refractivity (Wildman–Crippen MR) is 55.5 cm³/mol. The van der Waals surface area contributed by atoms with Gasteiger partial charge in [-0.1, -0.05) is 6.92 Å². The summed E-state index contributed by atoms with van der Waals surface area (Å²) in [6.45, 7) is 8.16. The highest BCUT2D eigenvalue weighted by molar-refractivity contribution is 5.26. The molecule has 0 amide bonds. The van der Waals surface area contributed by atoms with Crippen LogP contribution in [0.5, 0.6) is 0 Å². The molecule has 72 valence electrons. The molecule has 0 saturated heterocycles. The van der Waals surface area contributed by atoms with E-state index in [1.54, 1.807) is 0 Å². The Morgan fingerprint density at radius 3 is 2.15 bits per heavy atom. The molecule has 0 aliphatic carbocycles. The third-order valence-electron chi connectivity index (χ3n) is 2.48. The van der Waals surface area contributed by atoms with Crippen LogP contribution in [0.3, 0.4) is 0 Å². The van der Waals surface area contributed by atoms with Crippen LogP contribution in [0.1, 0.15) is 37.2 Å². The first-order chi connectivity index (χ1) is 5.95. The summed E-state index contributed by atoms with van der Waals surface area (Å²) < 4.78 is 0. The molecule has 1 heterocycles. The summed E-state index contributed by atoms with van der Waals surface area (Å²) in [6.07, 6.45) is 0.940. The van der Waals surface area contributed by atoms with E-state index in [1.807, 2.05) is 13.8 Å². The second kappa shape index (κ2) is 3.46. The number of nitrogens with zero attached hydrogens (tertiary/aromatic N) is 1. The third kappa shape index (κ3) is 2.28. The number of aromatic nitrogens is 1. The molecule has 0 aliphatic rings. The lowest BCUT2D eigenvalue weighted by molar-refractivity contribution is 0.475. The zero-order valence-electron chi connectivity index (χ0n) is 8.89. The predicted octanol–water partition coefficient (Wildman–Crippen LogP) is 2.28. The summed E-state index contributed by atoms with van der Waals surface area (Å²) >= 11 is 0. The Morgan fingerprint density at radius 1 is 1.31 bits per heavy atom. The Balaban J connectivity index is 3.15. The highest BCUT2D eigenvalue weighted by Gasteiger charge is 2.18. The van der Waals surface area contributed by atoms with E-state index in [9.17, 15) is 0 Å². The molecule has 1 aromatic heterocycles. The molecule has 13 heavy (non-hydrogen) atoms. The van der Waals surface area contributed by atoms with E-state index in [-0.39, 0.29) is 5.54 Å².